The molecule has 1 unspecified atom stereocenters. The molecule has 0 radical (unpaired) electrons. The van der Waals surface area contributed by atoms with E-state index in [4.69, 9.17) is 10.5 Å². The first-order valence-electron chi connectivity index (χ1n) is 12.6. The number of morpholine rings is 1. The highest BCUT2D eigenvalue weighted by atomic mass is 16.5. The predicted octanol–water partition coefficient (Wildman–Crippen LogP) is 3.56. The van der Waals surface area contributed by atoms with E-state index in [0.717, 1.165) is 68.0 Å². The number of rotatable bonds is 7. The normalized spacial score (nSPS) is 22.9. The van der Waals surface area contributed by atoms with Crippen LogP contribution in [0, 0.1) is 11.3 Å². The summed E-state index contributed by atoms with van der Waals surface area (Å²) in [6, 6.07) is 19.0. The van der Waals surface area contributed by atoms with Crippen LogP contribution in [0.3, 0.4) is 0 Å². The monoisotopic (exact) mass is 470 g/mol. The number of hydrogen-bond acceptors (Lipinski definition) is 7. The first-order valence-corrected chi connectivity index (χ1v) is 12.6. The van der Waals surface area contributed by atoms with Gasteiger partial charge in [0.1, 0.15) is 6.07 Å². The van der Waals surface area contributed by atoms with Crippen molar-refractivity contribution in [1.82, 2.24) is 9.88 Å². The molecule has 0 amide bonds. The van der Waals surface area contributed by atoms with Gasteiger partial charge in [0.05, 0.1) is 23.3 Å². The van der Waals surface area contributed by atoms with Gasteiger partial charge in [0.25, 0.3) is 0 Å². The van der Waals surface area contributed by atoms with Gasteiger partial charge in [0.15, 0.2) is 0 Å². The number of likely N-dealkylation sites (tertiary alicyclic amines) is 1. The lowest BCUT2D eigenvalue weighted by atomic mass is 9.98. The molecule has 2 saturated heterocycles. The molecule has 35 heavy (non-hydrogen) atoms. The number of benzene rings is 2. The summed E-state index contributed by atoms with van der Waals surface area (Å²) in [5.74, 6) is 0.542. The number of anilines is 2. The molecule has 2 aliphatic heterocycles. The van der Waals surface area contributed by atoms with Crippen molar-refractivity contribution in [3.05, 3.63) is 65.9 Å². The maximum atomic E-state index is 9.50. The van der Waals surface area contributed by atoms with Crippen molar-refractivity contribution in [2.75, 3.05) is 56.0 Å². The fourth-order valence-electron chi connectivity index (χ4n) is 5.54. The molecule has 3 N–H and O–H groups in total. The van der Waals surface area contributed by atoms with E-state index in [-0.39, 0.29) is 12.2 Å². The van der Waals surface area contributed by atoms with Crippen LogP contribution >= 0.6 is 0 Å². The Bertz CT molecular complexity index is 1210. The number of nitrogens with one attached hydrogen (secondary N) is 1. The van der Waals surface area contributed by atoms with E-state index in [9.17, 15) is 5.26 Å². The molecule has 2 aromatic carbocycles. The molecule has 7 heteroatoms. The standard InChI is InChI=1S/C28H34N6O/c1-20-16-34(27-8-7-22(15-30)28-26(27)6-3-11-32-28)19-25(35-20)18-33-13-9-23(17-33)21-4-2-5-24(14-21)31-12-10-29/h2-8,11,14,20,23,25,31H,9-10,12-13,16-19,29H2,1H3/t20-,23?,25+/m1/s1. The Morgan fingerprint density at radius 3 is 2.94 bits per heavy atom. The number of fused-ring (bicyclic) bond motifs is 1. The number of hydrogen-bond donors (Lipinski definition) is 2. The first kappa shape index (κ1) is 23.6. The molecule has 182 valence electrons. The molecule has 1 aromatic heterocycles. The Morgan fingerprint density at radius 1 is 1.17 bits per heavy atom. The summed E-state index contributed by atoms with van der Waals surface area (Å²) in [6.45, 7) is 8.30. The Morgan fingerprint density at radius 2 is 2.09 bits per heavy atom. The molecule has 3 heterocycles. The van der Waals surface area contributed by atoms with Crippen molar-refractivity contribution in [2.24, 2.45) is 5.73 Å². The molecule has 7 nitrogen and oxygen atoms in total. The summed E-state index contributed by atoms with van der Waals surface area (Å²) in [5.41, 5.74) is 10.7. The molecular weight excluding hydrogens is 436 g/mol. The first-order chi connectivity index (χ1) is 17.1. The summed E-state index contributed by atoms with van der Waals surface area (Å²) in [4.78, 5) is 9.44. The van der Waals surface area contributed by atoms with Gasteiger partial charge >= 0.3 is 0 Å². The molecule has 3 aromatic rings. The van der Waals surface area contributed by atoms with E-state index < -0.39 is 0 Å². The van der Waals surface area contributed by atoms with Gasteiger partial charge in [-0.2, -0.15) is 5.26 Å². The molecule has 0 bridgehead atoms. The van der Waals surface area contributed by atoms with Crippen molar-refractivity contribution in [1.29, 1.82) is 5.26 Å². The number of ether oxygens (including phenoxy) is 1. The van der Waals surface area contributed by atoms with Crippen molar-refractivity contribution in [2.45, 2.75) is 31.5 Å². The van der Waals surface area contributed by atoms with Gasteiger partial charge in [-0.1, -0.05) is 12.1 Å². The van der Waals surface area contributed by atoms with Gasteiger partial charge in [0.2, 0.25) is 0 Å². The number of aromatic nitrogens is 1. The van der Waals surface area contributed by atoms with Gasteiger partial charge in [-0.05, 0) is 67.8 Å². The van der Waals surface area contributed by atoms with E-state index in [1.54, 1.807) is 6.20 Å². The fourth-order valence-corrected chi connectivity index (χ4v) is 5.54. The van der Waals surface area contributed by atoms with E-state index in [2.05, 4.69) is 69.5 Å². The van der Waals surface area contributed by atoms with E-state index in [1.807, 2.05) is 12.1 Å². The minimum atomic E-state index is 0.136. The summed E-state index contributed by atoms with van der Waals surface area (Å²) in [7, 11) is 0. The van der Waals surface area contributed by atoms with Gasteiger partial charge in [0, 0.05) is 62.2 Å². The highest BCUT2D eigenvalue weighted by molar-refractivity contribution is 5.95. The Hall–Kier alpha value is -3.18. The summed E-state index contributed by atoms with van der Waals surface area (Å²) in [5, 5.41) is 13.9. The zero-order valence-corrected chi connectivity index (χ0v) is 20.4. The third-order valence-corrected chi connectivity index (χ3v) is 7.10. The average Bonchev–Trinajstić information content (AvgIpc) is 3.35. The van der Waals surface area contributed by atoms with Gasteiger partial charge in [-0.15, -0.1) is 0 Å². The lowest BCUT2D eigenvalue weighted by molar-refractivity contribution is -0.0295. The van der Waals surface area contributed by atoms with Crippen LogP contribution in [0.1, 0.15) is 30.4 Å². The Kier molecular flexibility index (Phi) is 7.14. The Balaban J connectivity index is 1.26. The number of nitrogens with zero attached hydrogens (tertiary/aromatic N) is 4. The van der Waals surface area contributed by atoms with E-state index >= 15 is 0 Å². The van der Waals surface area contributed by atoms with Gasteiger partial charge < -0.3 is 25.6 Å². The summed E-state index contributed by atoms with van der Waals surface area (Å²) in [6.07, 6.45) is 3.20. The quantitative estimate of drug-likeness (QED) is 0.546. The second-order valence-corrected chi connectivity index (χ2v) is 9.70. The fraction of sp³-hybridized carbons (Fsp3) is 0.429. The van der Waals surface area contributed by atoms with Crippen molar-refractivity contribution < 1.29 is 4.74 Å². The lowest BCUT2D eigenvalue weighted by Gasteiger charge is -2.40. The predicted molar refractivity (Wildman–Crippen MR) is 141 cm³/mol. The SMILES string of the molecule is C[C@@H]1CN(c2ccc(C#N)c3ncccc23)C[C@H](CN2CCC(c3cccc(NCCN)c3)C2)O1. The summed E-state index contributed by atoms with van der Waals surface area (Å²) >= 11 is 0. The third kappa shape index (κ3) is 5.25. The molecule has 0 spiro atoms. The van der Waals surface area contributed by atoms with Gasteiger partial charge in [-0.3, -0.25) is 4.98 Å². The lowest BCUT2D eigenvalue weighted by Crippen LogP contribution is -2.50. The van der Waals surface area contributed by atoms with Crippen LogP contribution in [-0.4, -0.2) is 67.9 Å². The zero-order valence-electron chi connectivity index (χ0n) is 20.4. The number of nitriles is 1. The average molecular weight is 471 g/mol. The minimum absolute atomic E-state index is 0.136. The second kappa shape index (κ2) is 10.6. The molecule has 0 saturated carbocycles. The van der Waals surface area contributed by atoms with Crippen molar-refractivity contribution in [3.8, 4) is 6.07 Å². The van der Waals surface area contributed by atoms with Crippen LogP contribution in [0.15, 0.2) is 54.7 Å². The maximum Gasteiger partial charge on any atom is 0.101 e. The molecule has 2 fully saturated rings. The van der Waals surface area contributed by atoms with Crippen LogP contribution in [0.2, 0.25) is 0 Å². The third-order valence-electron chi connectivity index (χ3n) is 7.10. The van der Waals surface area contributed by atoms with Crippen LogP contribution in [0.4, 0.5) is 11.4 Å². The van der Waals surface area contributed by atoms with Crippen LogP contribution in [-0.2, 0) is 4.74 Å². The highest BCUT2D eigenvalue weighted by Crippen LogP contribution is 2.32. The molecule has 0 aliphatic carbocycles. The smallest absolute Gasteiger partial charge is 0.101 e. The van der Waals surface area contributed by atoms with Crippen molar-refractivity contribution in [3.63, 3.8) is 0 Å². The van der Waals surface area contributed by atoms with E-state index in [0.29, 0.717) is 18.0 Å². The largest absolute Gasteiger partial charge is 0.384 e. The number of pyridine rings is 1. The molecule has 2 aliphatic rings. The maximum absolute atomic E-state index is 9.50. The van der Waals surface area contributed by atoms with Crippen molar-refractivity contribution >= 4 is 22.3 Å². The van der Waals surface area contributed by atoms with Crippen LogP contribution in [0.5, 0.6) is 0 Å². The highest BCUT2D eigenvalue weighted by Gasteiger charge is 2.31. The van der Waals surface area contributed by atoms with Crippen LogP contribution < -0.4 is 16.0 Å². The zero-order chi connectivity index (χ0) is 24.2. The molecular formula is C28H34N6O. The van der Waals surface area contributed by atoms with Gasteiger partial charge in [-0.25, -0.2) is 0 Å². The topological polar surface area (TPSA) is 90.4 Å². The van der Waals surface area contributed by atoms with E-state index in [1.165, 1.54) is 5.56 Å². The summed E-state index contributed by atoms with van der Waals surface area (Å²) < 4.78 is 6.39. The van der Waals surface area contributed by atoms with Crippen LogP contribution in [0.25, 0.3) is 10.9 Å². The minimum Gasteiger partial charge on any atom is -0.384 e. The number of nitrogens with two attached hydrogens (primary N) is 1. The second-order valence-electron chi connectivity index (χ2n) is 9.70. The Labute approximate surface area is 207 Å². The molecule has 3 atom stereocenters. The molecule has 5 rings (SSSR count).